The van der Waals surface area contributed by atoms with Crippen LogP contribution in [0.5, 0.6) is 0 Å². The Morgan fingerprint density at radius 2 is 1.56 bits per heavy atom. The van der Waals surface area contributed by atoms with E-state index in [9.17, 15) is 13.2 Å². The lowest BCUT2D eigenvalue weighted by atomic mass is 10.1. The van der Waals surface area contributed by atoms with Gasteiger partial charge in [0.1, 0.15) is 5.69 Å². The molecule has 2 nitrogen and oxygen atoms in total. The Kier molecular flexibility index (Phi) is 3.23. The molecule has 18 heavy (non-hydrogen) atoms. The highest BCUT2D eigenvalue weighted by Crippen LogP contribution is 2.29. The smallest absolute Gasteiger partial charge is 0.388 e. The lowest BCUT2D eigenvalue weighted by Crippen LogP contribution is -2.07. The highest BCUT2D eigenvalue weighted by Gasteiger charge is 2.31. The van der Waals surface area contributed by atoms with E-state index in [1.165, 1.54) is 12.3 Å². The minimum absolute atomic E-state index is 0.658. The van der Waals surface area contributed by atoms with Crippen LogP contribution in [0.3, 0.4) is 0 Å². The molecule has 5 heteroatoms. The third-order valence-electron chi connectivity index (χ3n) is 2.56. The quantitative estimate of drug-likeness (QED) is 0.879. The van der Waals surface area contributed by atoms with Gasteiger partial charge in [-0.25, -0.2) is 0 Å². The first kappa shape index (κ1) is 12.4. The Hall–Kier alpha value is -2.04. The van der Waals surface area contributed by atoms with Gasteiger partial charge in [-0.3, -0.25) is 4.98 Å². The fourth-order valence-corrected chi connectivity index (χ4v) is 1.56. The van der Waals surface area contributed by atoms with Crippen LogP contribution in [0.1, 0.15) is 5.69 Å². The Morgan fingerprint density at radius 3 is 2.00 bits per heavy atom. The van der Waals surface area contributed by atoms with Gasteiger partial charge in [-0.1, -0.05) is 18.2 Å². The largest absolute Gasteiger partial charge is 0.433 e. The molecule has 0 bridgehead atoms. The summed E-state index contributed by atoms with van der Waals surface area (Å²) in [4.78, 5) is 3.43. The van der Waals surface area contributed by atoms with Crippen molar-refractivity contribution in [3.8, 4) is 11.1 Å². The number of nitrogens with one attached hydrogen (secondary N) is 1. The second-order valence-electron chi connectivity index (χ2n) is 3.76. The molecule has 2 aromatic rings. The number of halogens is 3. The van der Waals surface area contributed by atoms with Gasteiger partial charge in [0.25, 0.3) is 0 Å². The Labute approximate surface area is 102 Å². The molecule has 0 saturated carbocycles. The third kappa shape index (κ3) is 2.61. The van der Waals surface area contributed by atoms with E-state index in [1.54, 1.807) is 7.05 Å². The molecule has 0 aliphatic carbocycles. The Balaban J connectivity index is 2.28. The van der Waals surface area contributed by atoms with Crippen molar-refractivity contribution in [1.29, 1.82) is 0 Å². The molecule has 1 N–H and O–H groups in total. The molecule has 1 aromatic carbocycles. The number of alkyl halides is 3. The van der Waals surface area contributed by atoms with E-state index >= 15 is 0 Å². The van der Waals surface area contributed by atoms with Gasteiger partial charge in [0, 0.05) is 24.5 Å². The fraction of sp³-hybridized carbons (Fsp3) is 0.154. The van der Waals surface area contributed by atoms with Gasteiger partial charge >= 0.3 is 6.18 Å². The van der Waals surface area contributed by atoms with E-state index in [2.05, 4.69) is 10.3 Å². The average Bonchev–Trinajstić information content (AvgIpc) is 2.38. The number of hydrogen-bond donors (Lipinski definition) is 1. The van der Waals surface area contributed by atoms with Crippen molar-refractivity contribution in [3.05, 3.63) is 48.3 Å². The van der Waals surface area contributed by atoms with Crippen molar-refractivity contribution in [1.82, 2.24) is 4.98 Å². The molecule has 2 rings (SSSR count). The molecule has 0 atom stereocenters. The molecule has 0 unspecified atom stereocenters. The number of benzene rings is 1. The number of pyridine rings is 1. The second-order valence-corrected chi connectivity index (χ2v) is 3.76. The minimum Gasteiger partial charge on any atom is -0.388 e. The van der Waals surface area contributed by atoms with E-state index in [0.717, 1.165) is 17.3 Å². The Morgan fingerprint density at radius 1 is 0.944 bits per heavy atom. The third-order valence-corrected chi connectivity index (χ3v) is 2.56. The molecule has 0 radical (unpaired) electrons. The zero-order valence-electron chi connectivity index (χ0n) is 9.62. The molecule has 0 amide bonds. The van der Waals surface area contributed by atoms with E-state index in [4.69, 9.17) is 0 Å². The van der Waals surface area contributed by atoms with Gasteiger partial charge in [-0.15, -0.1) is 0 Å². The molecule has 1 aromatic heterocycles. The van der Waals surface area contributed by atoms with Gasteiger partial charge in [-0.2, -0.15) is 13.2 Å². The monoisotopic (exact) mass is 252 g/mol. The zero-order valence-corrected chi connectivity index (χ0v) is 9.62. The van der Waals surface area contributed by atoms with Crippen LogP contribution < -0.4 is 5.32 Å². The lowest BCUT2D eigenvalue weighted by Gasteiger charge is -2.07. The Bertz CT molecular complexity index is 515. The zero-order chi connectivity index (χ0) is 13.2. The normalized spacial score (nSPS) is 11.3. The van der Waals surface area contributed by atoms with Gasteiger partial charge in [0.15, 0.2) is 0 Å². The number of hydrogen-bond acceptors (Lipinski definition) is 2. The summed E-state index contributed by atoms with van der Waals surface area (Å²) in [6.07, 6.45) is -3.16. The van der Waals surface area contributed by atoms with Crippen LogP contribution in [-0.2, 0) is 6.18 Å². The summed E-state index contributed by atoms with van der Waals surface area (Å²) in [6, 6.07) is 9.78. The van der Waals surface area contributed by atoms with Crippen molar-refractivity contribution in [2.75, 3.05) is 12.4 Å². The maximum atomic E-state index is 12.3. The number of aromatic nitrogens is 1. The maximum absolute atomic E-state index is 12.3. The predicted octanol–water partition coefficient (Wildman–Crippen LogP) is 3.81. The molecule has 1 heterocycles. The summed E-state index contributed by atoms with van der Waals surface area (Å²) in [5.74, 6) is 0. The van der Waals surface area contributed by atoms with Crippen LogP contribution in [-0.4, -0.2) is 12.0 Å². The van der Waals surface area contributed by atoms with E-state index < -0.39 is 11.9 Å². The van der Waals surface area contributed by atoms with Crippen molar-refractivity contribution < 1.29 is 13.2 Å². The topological polar surface area (TPSA) is 24.9 Å². The minimum atomic E-state index is -4.39. The van der Waals surface area contributed by atoms with E-state index in [0.29, 0.717) is 5.56 Å². The number of nitrogens with zero attached hydrogens (tertiary/aromatic N) is 1. The van der Waals surface area contributed by atoms with Crippen molar-refractivity contribution >= 4 is 5.69 Å². The molecule has 0 spiro atoms. The first-order chi connectivity index (χ1) is 8.50. The van der Waals surface area contributed by atoms with Gasteiger partial charge in [-0.05, 0) is 23.8 Å². The summed E-state index contributed by atoms with van der Waals surface area (Å²) < 4.78 is 37.0. The standard InChI is InChI=1S/C13H11F3N2/c1-17-11-5-2-9(3-6-11)10-4-7-12(18-8-10)13(14,15)16/h2-8,17H,1H3. The molecule has 0 aliphatic heterocycles. The van der Waals surface area contributed by atoms with Crippen molar-refractivity contribution in [2.24, 2.45) is 0 Å². The van der Waals surface area contributed by atoms with Crippen LogP contribution in [0.4, 0.5) is 18.9 Å². The first-order valence-corrected chi connectivity index (χ1v) is 5.32. The molecule has 0 aliphatic rings. The van der Waals surface area contributed by atoms with Crippen LogP contribution in [0, 0.1) is 0 Å². The van der Waals surface area contributed by atoms with E-state index in [1.807, 2.05) is 24.3 Å². The van der Waals surface area contributed by atoms with Crippen LogP contribution in [0.25, 0.3) is 11.1 Å². The summed E-state index contributed by atoms with van der Waals surface area (Å²) in [6.45, 7) is 0. The summed E-state index contributed by atoms with van der Waals surface area (Å²) >= 11 is 0. The van der Waals surface area contributed by atoms with Crippen LogP contribution in [0.2, 0.25) is 0 Å². The SMILES string of the molecule is CNc1ccc(-c2ccc(C(F)(F)F)nc2)cc1. The van der Waals surface area contributed by atoms with Gasteiger partial charge in [0.2, 0.25) is 0 Å². The summed E-state index contributed by atoms with van der Waals surface area (Å²) in [5, 5.41) is 2.97. The molecular formula is C13H11F3N2. The molecule has 0 saturated heterocycles. The van der Waals surface area contributed by atoms with Crippen LogP contribution >= 0.6 is 0 Å². The summed E-state index contributed by atoms with van der Waals surface area (Å²) in [5.41, 5.74) is 1.55. The molecular weight excluding hydrogens is 241 g/mol. The first-order valence-electron chi connectivity index (χ1n) is 5.32. The highest BCUT2D eigenvalue weighted by atomic mass is 19.4. The number of anilines is 1. The number of rotatable bonds is 2. The molecule has 0 fully saturated rings. The molecule has 94 valence electrons. The fourth-order valence-electron chi connectivity index (χ4n) is 1.56. The van der Waals surface area contributed by atoms with Gasteiger partial charge in [0.05, 0.1) is 0 Å². The van der Waals surface area contributed by atoms with Crippen LogP contribution in [0.15, 0.2) is 42.6 Å². The van der Waals surface area contributed by atoms with Gasteiger partial charge < -0.3 is 5.32 Å². The maximum Gasteiger partial charge on any atom is 0.433 e. The highest BCUT2D eigenvalue weighted by molar-refractivity contribution is 5.65. The predicted molar refractivity (Wildman–Crippen MR) is 64.2 cm³/mol. The lowest BCUT2D eigenvalue weighted by molar-refractivity contribution is -0.141. The average molecular weight is 252 g/mol. The van der Waals surface area contributed by atoms with E-state index in [-0.39, 0.29) is 0 Å². The van der Waals surface area contributed by atoms with Crippen molar-refractivity contribution in [3.63, 3.8) is 0 Å². The second kappa shape index (κ2) is 4.68. The summed E-state index contributed by atoms with van der Waals surface area (Å²) in [7, 11) is 1.80. The van der Waals surface area contributed by atoms with Crippen molar-refractivity contribution in [2.45, 2.75) is 6.18 Å².